The fourth-order valence-corrected chi connectivity index (χ4v) is 2.05. The molecule has 1 aromatic heterocycles. The lowest BCUT2D eigenvalue weighted by Crippen LogP contribution is -2.08. The monoisotopic (exact) mass is 339 g/mol. The van der Waals surface area contributed by atoms with Crippen LogP contribution in [0.4, 0.5) is 0 Å². The zero-order chi connectivity index (χ0) is 14.7. The summed E-state index contributed by atoms with van der Waals surface area (Å²) in [6, 6.07) is 5.67. The topological polar surface area (TPSA) is 74.2 Å². The van der Waals surface area contributed by atoms with Gasteiger partial charge in [-0.3, -0.25) is 0 Å². The van der Waals surface area contributed by atoms with Crippen LogP contribution in [0.25, 0.3) is 0 Å². The number of benzene rings is 1. The Kier molecular flexibility index (Phi) is 4.77. The van der Waals surface area contributed by atoms with Crippen molar-refractivity contribution in [2.24, 2.45) is 5.73 Å². The summed E-state index contributed by atoms with van der Waals surface area (Å²) >= 11 is 3.42. The summed E-state index contributed by atoms with van der Waals surface area (Å²) < 4.78 is 11.8. The lowest BCUT2D eigenvalue weighted by atomic mass is 10.1. The number of nitrogens with two attached hydrogens (primary N) is 1. The maximum absolute atomic E-state index is 5.93. The van der Waals surface area contributed by atoms with E-state index in [0.29, 0.717) is 11.7 Å². The van der Waals surface area contributed by atoms with E-state index in [9.17, 15) is 0 Å². The second-order valence-electron chi connectivity index (χ2n) is 4.96. The first kappa shape index (κ1) is 15.0. The first-order valence-electron chi connectivity index (χ1n) is 6.47. The highest BCUT2D eigenvalue weighted by molar-refractivity contribution is 9.10. The molecule has 1 aromatic carbocycles. The molecule has 1 atom stereocenters. The van der Waals surface area contributed by atoms with Gasteiger partial charge in [0.05, 0.1) is 0 Å². The highest BCUT2D eigenvalue weighted by atomic mass is 79.9. The summed E-state index contributed by atoms with van der Waals surface area (Å²) in [5, 5.41) is 3.90. The zero-order valence-electron chi connectivity index (χ0n) is 11.8. The lowest BCUT2D eigenvalue weighted by Gasteiger charge is -2.13. The van der Waals surface area contributed by atoms with E-state index in [1.807, 2.05) is 39.0 Å². The van der Waals surface area contributed by atoms with Crippen molar-refractivity contribution in [1.82, 2.24) is 10.1 Å². The Bertz CT molecular complexity index is 582. The number of nitrogens with zero attached hydrogens (tertiary/aromatic N) is 2. The molecule has 0 unspecified atom stereocenters. The zero-order valence-corrected chi connectivity index (χ0v) is 13.3. The summed E-state index contributed by atoms with van der Waals surface area (Å²) in [5.74, 6) is 2.08. The number of hydrogen-bond acceptors (Lipinski definition) is 5. The molecule has 0 aliphatic rings. The van der Waals surface area contributed by atoms with Gasteiger partial charge in [-0.15, -0.1) is 0 Å². The van der Waals surface area contributed by atoms with E-state index >= 15 is 0 Å². The molecule has 0 aliphatic carbocycles. The molecule has 20 heavy (non-hydrogen) atoms. The van der Waals surface area contributed by atoms with Crippen LogP contribution >= 0.6 is 15.9 Å². The van der Waals surface area contributed by atoms with Gasteiger partial charge in [-0.25, -0.2) is 0 Å². The minimum Gasteiger partial charge on any atom is -0.485 e. The second kappa shape index (κ2) is 6.37. The Morgan fingerprint density at radius 3 is 2.70 bits per heavy atom. The van der Waals surface area contributed by atoms with Crippen molar-refractivity contribution < 1.29 is 9.26 Å². The third-order valence-electron chi connectivity index (χ3n) is 2.80. The van der Waals surface area contributed by atoms with Crippen molar-refractivity contribution in [1.29, 1.82) is 0 Å². The molecule has 2 N–H and O–H groups in total. The van der Waals surface area contributed by atoms with Crippen molar-refractivity contribution >= 4 is 15.9 Å². The molecule has 0 bridgehead atoms. The molecule has 0 saturated heterocycles. The maximum atomic E-state index is 5.93. The molecule has 0 aliphatic heterocycles. The molecule has 2 rings (SSSR count). The van der Waals surface area contributed by atoms with Crippen molar-refractivity contribution in [3.05, 3.63) is 40.0 Å². The number of ether oxygens (including phenoxy) is 1. The van der Waals surface area contributed by atoms with Crippen LogP contribution in [0.2, 0.25) is 0 Å². The number of halogens is 1. The van der Waals surface area contributed by atoms with Gasteiger partial charge in [0.15, 0.2) is 6.61 Å². The van der Waals surface area contributed by atoms with Gasteiger partial charge in [0.25, 0.3) is 0 Å². The Morgan fingerprint density at radius 2 is 2.10 bits per heavy atom. The quantitative estimate of drug-likeness (QED) is 0.901. The minimum absolute atomic E-state index is 0.102. The Morgan fingerprint density at radius 1 is 1.35 bits per heavy atom. The van der Waals surface area contributed by atoms with E-state index < -0.39 is 0 Å². The van der Waals surface area contributed by atoms with E-state index in [1.165, 1.54) is 0 Å². The largest absolute Gasteiger partial charge is 0.485 e. The van der Waals surface area contributed by atoms with E-state index in [1.54, 1.807) is 0 Å². The van der Waals surface area contributed by atoms with Crippen LogP contribution in [-0.2, 0) is 6.61 Å². The van der Waals surface area contributed by atoms with Crippen LogP contribution in [0.1, 0.15) is 50.0 Å². The normalized spacial score (nSPS) is 12.7. The smallest absolute Gasteiger partial charge is 0.229 e. The van der Waals surface area contributed by atoms with Gasteiger partial charge < -0.3 is 15.0 Å². The van der Waals surface area contributed by atoms with Crippen LogP contribution in [-0.4, -0.2) is 10.1 Å². The molecule has 6 heteroatoms. The molecule has 1 heterocycles. The van der Waals surface area contributed by atoms with Crippen LogP contribution in [0.15, 0.2) is 27.2 Å². The van der Waals surface area contributed by atoms with E-state index in [0.717, 1.165) is 15.8 Å². The SMILES string of the molecule is CC(C)c1nc(COc2cc(Br)ccc2[C@H](C)N)no1. The number of hydrogen-bond donors (Lipinski definition) is 1. The molecule has 0 fully saturated rings. The predicted octanol–water partition coefficient (Wildman–Crippen LogP) is 3.55. The Balaban J connectivity index is 2.11. The third kappa shape index (κ3) is 3.58. The minimum atomic E-state index is -0.102. The second-order valence-corrected chi connectivity index (χ2v) is 5.88. The van der Waals surface area contributed by atoms with Crippen LogP contribution in [0.5, 0.6) is 5.75 Å². The Hall–Kier alpha value is -1.40. The number of rotatable bonds is 5. The first-order chi connectivity index (χ1) is 9.47. The van der Waals surface area contributed by atoms with Gasteiger partial charge in [-0.2, -0.15) is 4.98 Å². The summed E-state index contributed by atoms with van der Waals surface area (Å²) in [5.41, 5.74) is 6.88. The average Bonchev–Trinajstić information content (AvgIpc) is 2.85. The van der Waals surface area contributed by atoms with Crippen LogP contribution in [0.3, 0.4) is 0 Å². The maximum Gasteiger partial charge on any atom is 0.229 e. The van der Waals surface area contributed by atoms with Gasteiger partial charge in [-0.05, 0) is 19.1 Å². The summed E-state index contributed by atoms with van der Waals surface area (Å²) in [6.07, 6.45) is 0. The first-order valence-corrected chi connectivity index (χ1v) is 7.27. The molecular formula is C14H18BrN3O2. The highest BCUT2D eigenvalue weighted by Crippen LogP contribution is 2.28. The fourth-order valence-electron chi connectivity index (χ4n) is 1.71. The van der Waals surface area contributed by atoms with Gasteiger partial charge in [0.1, 0.15) is 5.75 Å². The van der Waals surface area contributed by atoms with Crippen molar-refractivity contribution in [3.8, 4) is 5.75 Å². The van der Waals surface area contributed by atoms with Crippen molar-refractivity contribution in [2.45, 2.75) is 39.3 Å². The molecular weight excluding hydrogens is 322 g/mol. The predicted molar refractivity (Wildman–Crippen MR) is 79.5 cm³/mol. The van der Waals surface area contributed by atoms with E-state index in [-0.39, 0.29) is 18.6 Å². The van der Waals surface area contributed by atoms with E-state index in [2.05, 4.69) is 26.1 Å². The molecule has 5 nitrogen and oxygen atoms in total. The van der Waals surface area contributed by atoms with Crippen LogP contribution < -0.4 is 10.5 Å². The van der Waals surface area contributed by atoms with Gasteiger partial charge >= 0.3 is 0 Å². The van der Waals surface area contributed by atoms with Crippen molar-refractivity contribution in [3.63, 3.8) is 0 Å². The number of aromatic nitrogens is 2. The standard InChI is InChI=1S/C14H18BrN3O2/c1-8(2)14-17-13(18-20-14)7-19-12-6-10(15)4-5-11(12)9(3)16/h4-6,8-9H,7,16H2,1-3H3/t9-/m0/s1. The molecule has 0 radical (unpaired) electrons. The third-order valence-corrected chi connectivity index (χ3v) is 3.29. The van der Waals surface area contributed by atoms with Crippen LogP contribution in [0, 0.1) is 0 Å². The van der Waals surface area contributed by atoms with Gasteiger partial charge in [-0.1, -0.05) is 41.0 Å². The van der Waals surface area contributed by atoms with E-state index in [4.69, 9.17) is 15.0 Å². The molecule has 0 saturated carbocycles. The van der Waals surface area contributed by atoms with Gasteiger partial charge in [0, 0.05) is 22.0 Å². The summed E-state index contributed by atoms with van der Waals surface area (Å²) in [7, 11) is 0. The lowest BCUT2D eigenvalue weighted by molar-refractivity contribution is 0.280. The summed E-state index contributed by atoms with van der Waals surface area (Å²) in [4.78, 5) is 4.28. The van der Waals surface area contributed by atoms with Crippen molar-refractivity contribution in [2.75, 3.05) is 0 Å². The Labute approximate surface area is 126 Å². The molecule has 0 amide bonds. The average molecular weight is 340 g/mol. The molecule has 108 valence electrons. The fraction of sp³-hybridized carbons (Fsp3) is 0.429. The van der Waals surface area contributed by atoms with Gasteiger partial charge in [0.2, 0.25) is 11.7 Å². The molecule has 2 aromatic rings. The highest BCUT2D eigenvalue weighted by Gasteiger charge is 2.13. The summed E-state index contributed by atoms with van der Waals surface area (Å²) in [6.45, 7) is 6.18. The molecule has 0 spiro atoms.